The Balaban J connectivity index is 2.45. The van der Waals surface area contributed by atoms with E-state index in [1.165, 1.54) is 0 Å². The van der Waals surface area contributed by atoms with Gasteiger partial charge in [-0.05, 0) is 55.3 Å². The highest BCUT2D eigenvalue weighted by atomic mass is 35.5. The Morgan fingerprint density at radius 1 is 1.04 bits per heavy atom. The Labute approximate surface area is 146 Å². The maximum absolute atomic E-state index is 11.7. The van der Waals surface area contributed by atoms with Gasteiger partial charge in [0.15, 0.2) is 11.5 Å². The molecule has 4 nitrogen and oxygen atoms in total. The quantitative estimate of drug-likeness (QED) is 0.580. The summed E-state index contributed by atoms with van der Waals surface area (Å²) in [5, 5.41) is 10.2. The number of benzene rings is 2. The van der Waals surface area contributed by atoms with Crippen molar-refractivity contribution in [3.05, 3.63) is 58.6 Å². The van der Waals surface area contributed by atoms with E-state index in [9.17, 15) is 9.90 Å². The summed E-state index contributed by atoms with van der Waals surface area (Å²) >= 11 is 5.86. The lowest BCUT2D eigenvalue weighted by Gasteiger charge is -2.13. The summed E-state index contributed by atoms with van der Waals surface area (Å²) < 4.78 is 11.1. The molecule has 0 aliphatic rings. The normalized spacial score (nSPS) is 11.2. The molecule has 2 aromatic rings. The van der Waals surface area contributed by atoms with Crippen molar-refractivity contribution in [3.8, 4) is 11.5 Å². The van der Waals surface area contributed by atoms with Crippen LogP contribution in [0.3, 0.4) is 0 Å². The molecule has 5 heteroatoms. The van der Waals surface area contributed by atoms with Gasteiger partial charge in [-0.25, -0.2) is 4.79 Å². The lowest BCUT2D eigenvalue weighted by atomic mass is 10.0. The molecule has 2 rings (SSSR count). The molecule has 0 aliphatic heterocycles. The molecule has 2 aromatic carbocycles. The van der Waals surface area contributed by atoms with E-state index < -0.39 is 5.97 Å². The zero-order chi connectivity index (χ0) is 17.5. The van der Waals surface area contributed by atoms with Crippen LogP contribution in [-0.2, 0) is 4.79 Å². The minimum Gasteiger partial charge on any atom is -0.490 e. The lowest BCUT2D eigenvalue weighted by Crippen LogP contribution is -2.03. The molecule has 0 atom stereocenters. The van der Waals surface area contributed by atoms with E-state index in [0.717, 1.165) is 5.56 Å². The van der Waals surface area contributed by atoms with Gasteiger partial charge in [-0.3, -0.25) is 0 Å². The Hall–Kier alpha value is -2.46. The first kappa shape index (κ1) is 17.9. The summed E-state index contributed by atoms with van der Waals surface area (Å²) in [5.74, 6) is 0.107. The van der Waals surface area contributed by atoms with Gasteiger partial charge in [0.2, 0.25) is 0 Å². The summed E-state index contributed by atoms with van der Waals surface area (Å²) in [6.45, 7) is 4.72. The first-order valence-electron chi connectivity index (χ1n) is 7.65. The minimum atomic E-state index is -1.02. The lowest BCUT2D eigenvalue weighted by molar-refractivity contribution is -0.130. The Bertz CT molecular complexity index is 736. The first-order chi connectivity index (χ1) is 11.5. The van der Waals surface area contributed by atoms with E-state index in [-0.39, 0.29) is 5.57 Å². The number of rotatable bonds is 7. The van der Waals surface area contributed by atoms with E-state index in [4.69, 9.17) is 21.1 Å². The number of ether oxygens (including phenoxy) is 2. The van der Waals surface area contributed by atoms with Crippen LogP contribution in [0.4, 0.5) is 0 Å². The second-order valence-electron chi connectivity index (χ2n) is 4.94. The fraction of sp³-hybridized carbons (Fsp3) is 0.211. The first-order valence-corrected chi connectivity index (χ1v) is 8.03. The molecule has 0 spiro atoms. The number of halogens is 1. The highest BCUT2D eigenvalue weighted by Gasteiger charge is 2.14. The van der Waals surface area contributed by atoms with Crippen LogP contribution in [0.5, 0.6) is 11.5 Å². The zero-order valence-electron chi connectivity index (χ0n) is 13.6. The molecule has 126 valence electrons. The van der Waals surface area contributed by atoms with Crippen molar-refractivity contribution in [2.45, 2.75) is 13.8 Å². The van der Waals surface area contributed by atoms with Crippen molar-refractivity contribution >= 4 is 29.2 Å². The molecule has 0 saturated carbocycles. The monoisotopic (exact) mass is 346 g/mol. The summed E-state index contributed by atoms with van der Waals surface area (Å²) in [7, 11) is 0. The summed E-state index contributed by atoms with van der Waals surface area (Å²) in [6.07, 6.45) is 1.60. The van der Waals surface area contributed by atoms with E-state index in [1.807, 2.05) is 13.8 Å². The molecule has 0 radical (unpaired) electrons. The Morgan fingerprint density at radius 2 is 1.67 bits per heavy atom. The number of carbonyl (C=O) groups is 1. The molecule has 0 unspecified atom stereocenters. The molecule has 0 aromatic heterocycles. The molecular weight excluding hydrogens is 328 g/mol. The number of hydrogen-bond donors (Lipinski definition) is 1. The standard InChI is InChI=1S/C19H19ClO4/c1-3-23-17-10-7-14(12-18(17)24-4-2)16(19(21)22)11-13-5-8-15(20)9-6-13/h5-12H,3-4H2,1-2H3,(H,21,22)/b16-11-. The predicted molar refractivity (Wildman–Crippen MR) is 95.7 cm³/mol. The van der Waals surface area contributed by atoms with E-state index in [1.54, 1.807) is 48.5 Å². The zero-order valence-corrected chi connectivity index (χ0v) is 14.3. The van der Waals surface area contributed by atoms with Gasteiger partial charge in [0.25, 0.3) is 0 Å². The topological polar surface area (TPSA) is 55.8 Å². The third kappa shape index (κ3) is 4.52. The number of aliphatic carboxylic acids is 1. The Morgan fingerprint density at radius 3 is 2.25 bits per heavy atom. The molecule has 0 heterocycles. The van der Waals surface area contributed by atoms with Gasteiger partial charge in [-0.15, -0.1) is 0 Å². The molecule has 0 bridgehead atoms. The number of hydrogen-bond acceptors (Lipinski definition) is 3. The van der Waals surface area contributed by atoms with Crippen molar-refractivity contribution in [2.75, 3.05) is 13.2 Å². The molecule has 0 fully saturated rings. The third-order valence-corrected chi connectivity index (χ3v) is 3.52. The number of carboxylic acid groups (broad SMARTS) is 1. The molecule has 0 saturated heterocycles. The van der Waals surface area contributed by atoms with Crippen molar-refractivity contribution in [1.82, 2.24) is 0 Å². The third-order valence-electron chi connectivity index (χ3n) is 3.27. The molecule has 1 N–H and O–H groups in total. The largest absolute Gasteiger partial charge is 0.490 e. The van der Waals surface area contributed by atoms with Crippen molar-refractivity contribution in [1.29, 1.82) is 0 Å². The van der Waals surface area contributed by atoms with Gasteiger partial charge in [0, 0.05) is 5.02 Å². The van der Waals surface area contributed by atoms with Gasteiger partial charge >= 0.3 is 5.97 Å². The van der Waals surface area contributed by atoms with E-state index >= 15 is 0 Å². The van der Waals surface area contributed by atoms with Crippen LogP contribution in [0.1, 0.15) is 25.0 Å². The summed E-state index contributed by atoms with van der Waals surface area (Å²) in [4.78, 5) is 11.7. The van der Waals surface area contributed by atoms with Crippen LogP contribution in [0.2, 0.25) is 5.02 Å². The van der Waals surface area contributed by atoms with Crippen LogP contribution < -0.4 is 9.47 Å². The highest BCUT2D eigenvalue weighted by molar-refractivity contribution is 6.30. The highest BCUT2D eigenvalue weighted by Crippen LogP contribution is 2.32. The Kier molecular flexibility index (Phi) is 6.27. The predicted octanol–water partition coefficient (Wildman–Crippen LogP) is 4.76. The van der Waals surface area contributed by atoms with Gasteiger partial charge < -0.3 is 14.6 Å². The van der Waals surface area contributed by atoms with E-state index in [2.05, 4.69) is 0 Å². The average molecular weight is 347 g/mol. The van der Waals surface area contributed by atoms with Crippen LogP contribution in [0.25, 0.3) is 11.6 Å². The van der Waals surface area contributed by atoms with Gasteiger partial charge in [-0.1, -0.05) is 29.8 Å². The minimum absolute atomic E-state index is 0.168. The van der Waals surface area contributed by atoms with Crippen molar-refractivity contribution in [2.24, 2.45) is 0 Å². The smallest absolute Gasteiger partial charge is 0.336 e. The van der Waals surface area contributed by atoms with Crippen LogP contribution in [0.15, 0.2) is 42.5 Å². The maximum atomic E-state index is 11.7. The summed E-state index contributed by atoms with van der Waals surface area (Å²) in [5.41, 5.74) is 1.47. The second kappa shape index (κ2) is 8.41. The number of carboxylic acids is 1. The average Bonchev–Trinajstić information content (AvgIpc) is 2.56. The molecule has 24 heavy (non-hydrogen) atoms. The SMILES string of the molecule is CCOc1ccc(/C(=C/c2ccc(Cl)cc2)C(=O)O)cc1OCC. The fourth-order valence-corrected chi connectivity index (χ4v) is 2.34. The van der Waals surface area contributed by atoms with Crippen LogP contribution in [-0.4, -0.2) is 24.3 Å². The maximum Gasteiger partial charge on any atom is 0.336 e. The van der Waals surface area contributed by atoms with Crippen molar-refractivity contribution < 1.29 is 19.4 Å². The van der Waals surface area contributed by atoms with Gasteiger partial charge in [-0.2, -0.15) is 0 Å². The van der Waals surface area contributed by atoms with Crippen LogP contribution in [0, 0.1) is 0 Å². The molecule has 0 aliphatic carbocycles. The summed E-state index contributed by atoms with van der Waals surface area (Å²) in [6, 6.07) is 12.1. The van der Waals surface area contributed by atoms with Crippen LogP contribution >= 0.6 is 11.6 Å². The van der Waals surface area contributed by atoms with E-state index in [0.29, 0.717) is 35.3 Å². The fourth-order valence-electron chi connectivity index (χ4n) is 2.21. The van der Waals surface area contributed by atoms with Gasteiger partial charge in [0.05, 0.1) is 18.8 Å². The molecule has 0 amide bonds. The second-order valence-corrected chi connectivity index (χ2v) is 5.38. The van der Waals surface area contributed by atoms with Crippen molar-refractivity contribution in [3.63, 3.8) is 0 Å². The molecular formula is C19H19ClO4. The van der Waals surface area contributed by atoms with Gasteiger partial charge in [0.1, 0.15) is 0 Å².